The van der Waals surface area contributed by atoms with Gasteiger partial charge in [-0.05, 0) is 42.9 Å². The van der Waals surface area contributed by atoms with Crippen LogP contribution in [0.4, 0.5) is 5.69 Å². The van der Waals surface area contributed by atoms with E-state index in [2.05, 4.69) is 11.9 Å². The molecule has 1 aliphatic carbocycles. The number of hydrogen-bond donors (Lipinski definition) is 3. The molecule has 1 saturated carbocycles. The zero-order valence-corrected chi connectivity index (χ0v) is 16.0. The summed E-state index contributed by atoms with van der Waals surface area (Å²) in [5, 5.41) is 24.8. The van der Waals surface area contributed by atoms with E-state index in [0.29, 0.717) is 16.7 Å². The Morgan fingerprint density at radius 2 is 2.12 bits per heavy atom. The number of thiocarbonyl (C=S) groups is 1. The number of amides is 1. The van der Waals surface area contributed by atoms with E-state index in [1.807, 2.05) is 17.0 Å². The number of carbonyl (C=O) groups excluding carboxylic acids is 1. The van der Waals surface area contributed by atoms with Crippen LogP contribution >= 0.6 is 23.8 Å². The molecule has 26 heavy (non-hydrogen) atoms. The molecule has 0 unspecified atom stereocenters. The van der Waals surface area contributed by atoms with Gasteiger partial charge < -0.3 is 25.3 Å². The molecule has 0 spiro atoms. The molecule has 6 nitrogen and oxygen atoms in total. The van der Waals surface area contributed by atoms with Crippen LogP contribution in [0.5, 0.6) is 0 Å². The summed E-state index contributed by atoms with van der Waals surface area (Å²) in [5.74, 6) is -0.636. The van der Waals surface area contributed by atoms with Crippen molar-refractivity contribution in [1.82, 2.24) is 10.2 Å². The van der Waals surface area contributed by atoms with E-state index >= 15 is 0 Å². The number of nitrogens with zero attached hydrogens (tertiary/aromatic N) is 2. The Kier molecular flexibility index (Phi) is 5.53. The number of aliphatic hydroxyl groups is 2. The highest BCUT2D eigenvalue weighted by Crippen LogP contribution is 2.37. The van der Waals surface area contributed by atoms with Crippen LogP contribution in [0.15, 0.2) is 36.9 Å². The summed E-state index contributed by atoms with van der Waals surface area (Å²) in [6, 6.07) is 6.22. The van der Waals surface area contributed by atoms with Crippen LogP contribution in [0, 0.1) is 5.92 Å². The average molecular weight is 396 g/mol. The first kappa shape index (κ1) is 19.1. The van der Waals surface area contributed by atoms with Gasteiger partial charge in [-0.2, -0.15) is 0 Å². The van der Waals surface area contributed by atoms with Crippen molar-refractivity contribution in [3.05, 3.63) is 41.9 Å². The topological polar surface area (TPSA) is 76.0 Å². The summed E-state index contributed by atoms with van der Waals surface area (Å²) in [5.41, 5.74) is 0.784. The van der Waals surface area contributed by atoms with Crippen molar-refractivity contribution in [2.75, 3.05) is 18.5 Å². The Morgan fingerprint density at radius 3 is 2.73 bits per heavy atom. The van der Waals surface area contributed by atoms with Crippen LogP contribution in [0.25, 0.3) is 0 Å². The number of likely N-dealkylation sites (N-methyl/N-ethyl adjacent to an activating group) is 1. The van der Waals surface area contributed by atoms with Crippen LogP contribution in [0.3, 0.4) is 0 Å². The molecule has 0 aromatic heterocycles. The monoisotopic (exact) mass is 395 g/mol. The molecular formula is C18H22ClN3O3S. The Labute approximate surface area is 163 Å². The van der Waals surface area contributed by atoms with Crippen molar-refractivity contribution < 1.29 is 15.0 Å². The number of aliphatic hydroxyl groups excluding tert-OH is 2. The van der Waals surface area contributed by atoms with E-state index in [9.17, 15) is 15.0 Å². The van der Waals surface area contributed by atoms with Crippen molar-refractivity contribution in [1.29, 1.82) is 0 Å². The molecule has 3 N–H and O–H groups in total. The smallest absolute Gasteiger partial charge is 0.227 e. The van der Waals surface area contributed by atoms with Gasteiger partial charge in [0.05, 0.1) is 24.1 Å². The average Bonchev–Trinajstić information content (AvgIpc) is 2.96. The molecule has 1 aromatic carbocycles. The fourth-order valence-corrected chi connectivity index (χ4v) is 4.28. The molecule has 1 amide bonds. The quantitative estimate of drug-likeness (QED) is 0.524. The fraction of sp³-hybridized carbons (Fsp3) is 0.444. The summed E-state index contributed by atoms with van der Waals surface area (Å²) < 4.78 is 0. The lowest BCUT2D eigenvalue weighted by atomic mass is 9.77. The molecule has 2 aliphatic rings. The molecule has 1 aromatic rings. The number of carbonyl (C=O) groups is 1. The van der Waals surface area contributed by atoms with Crippen molar-refractivity contribution in [3.63, 3.8) is 0 Å². The number of hydrogen-bond acceptors (Lipinski definition) is 4. The summed E-state index contributed by atoms with van der Waals surface area (Å²) >= 11 is 11.4. The predicted octanol–water partition coefficient (Wildman–Crippen LogP) is 1.16. The van der Waals surface area contributed by atoms with E-state index in [1.54, 1.807) is 30.2 Å². The molecule has 1 saturated heterocycles. The maximum absolute atomic E-state index is 13.0. The predicted molar refractivity (Wildman–Crippen MR) is 105 cm³/mol. The van der Waals surface area contributed by atoms with Crippen LogP contribution in [0.2, 0.25) is 5.02 Å². The van der Waals surface area contributed by atoms with Crippen LogP contribution in [-0.4, -0.2) is 64.0 Å². The fourth-order valence-electron chi connectivity index (χ4n) is 3.79. The van der Waals surface area contributed by atoms with Gasteiger partial charge in [-0.25, -0.2) is 0 Å². The van der Waals surface area contributed by atoms with Crippen molar-refractivity contribution in [2.45, 2.75) is 30.7 Å². The van der Waals surface area contributed by atoms with Gasteiger partial charge in [-0.15, -0.1) is 6.58 Å². The second-order valence-electron chi connectivity index (χ2n) is 6.72. The first-order valence-electron chi connectivity index (χ1n) is 8.42. The summed E-state index contributed by atoms with van der Waals surface area (Å²) in [7, 11) is 1.70. The van der Waals surface area contributed by atoms with Gasteiger partial charge >= 0.3 is 0 Å². The van der Waals surface area contributed by atoms with Crippen LogP contribution in [0.1, 0.15) is 6.42 Å². The minimum atomic E-state index is -1.01. The Balaban J connectivity index is 1.99. The first-order valence-corrected chi connectivity index (χ1v) is 9.21. The lowest BCUT2D eigenvalue weighted by Crippen LogP contribution is -2.61. The summed E-state index contributed by atoms with van der Waals surface area (Å²) in [6.07, 6.45) is -0.193. The van der Waals surface area contributed by atoms with Crippen molar-refractivity contribution in [2.24, 2.45) is 5.92 Å². The normalized spacial score (nSPS) is 30.5. The van der Waals surface area contributed by atoms with Gasteiger partial charge in [-0.1, -0.05) is 17.7 Å². The third-order valence-corrected chi connectivity index (χ3v) is 5.61. The number of fused-ring (bicyclic) bond motifs is 1. The SMILES string of the molecule is C=CCN(C)C(=O)[C@H]1C[C@@H](O)[C@H](O)[C@H]2NC(=S)N(c3ccc(Cl)cc3)[C@@H]21. The zero-order chi connectivity index (χ0) is 19.0. The van der Waals surface area contributed by atoms with E-state index in [4.69, 9.17) is 23.8 Å². The largest absolute Gasteiger partial charge is 0.390 e. The Hall–Kier alpha value is -1.67. The third kappa shape index (κ3) is 3.32. The molecule has 0 radical (unpaired) electrons. The number of rotatable bonds is 4. The van der Waals surface area contributed by atoms with Gasteiger partial charge in [0, 0.05) is 24.3 Å². The second kappa shape index (κ2) is 7.52. The molecule has 140 valence electrons. The first-order chi connectivity index (χ1) is 12.3. The highest BCUT2D eigenvalue weighted by atomic mass is 35.5. The second-order valence-corrected chi connectivity index (χ2v) is 7.54. The van der Waals surface area contributed by atoms with E-state index in [1.165, 1.54) is 0 Å². The minimum absolute atomic E-state index is 0.115. The Bertz CT molecular complexity index is 714. The van der Waals surface area contributed by atoms with Gasteiger partial charge in [0.1, 0.15) is 6.10 Å². The number of halogens is 1. The number of nitrogens with one attached hydrogen (secondary N) is 1. The highest BCUT2D eigenvalue weighted by Gasteiger charge is 2.54. The molecule has 1 aliphatic heterocycles. The van der Waals surface area contributed by atoms with Gasteiger partial charge in [-0.3, -0.25) is 4.79 Å². The Morgan fingerprint density at radius 1 is 1.46 bits per heavy atom. The molecule has 3 rings (SSSR count). The number of benzene rings is 1. The maximum atomic E-state index is 13.0. The van der Waals surface area contributed by atoms with Gasteiger partial charge in [0.25, 0.3) is 0 Å². The molecular weight excluding hydrogens is 374 g/mol. The minimum Gasteiger partial charge on any atom is -0.390 e. The highest BCUT2D eigenvalue weighted by molar-refractivity contribution is 7.80. The molecule has 2 fully saturated rings. The zero-order valence-electron chi connectivity index (χ0n) is 14.4. The van der Waals surface area contributed by atoms with Gasteiger partial charge in [0.2, 0.25) is 5.91 Å². The van der Waals surface area contributed by atoms with E-state index in [0.717, 1.165) is 5.69 Å². The van der Waals surface area contributed by atoms with E-state index < -0.39 is 30.2 Å². The van der Waals surface area contributed by atoms with Crippen molar-refractivity contribution >= 4 is 40.5 Å². The number of anilines is 1. The van der Waals surface area contributed by atoms with Crippen LogP contribution in [-0.2, 0) is 4.79 Å². The summed E-state index contributed by atoms with van der Waals surface area (Å²) in [4.78, 5) is 16.4. The van der Waals surface area contributed by atoms with Gasteiger partial charge in [0.15, 0.2) is 5.11 Å². The molecule has 8 heteroatoms. The lowest BCUT2D eigenvalue weighted by Gasteiger charge is -2.42. The maximum Gasteiger partial charge on any atom is 0.227 e. The summed E-state index contributed by atoms with van der Waals surface area (Å²) in [6.45, 7) is 4.07. The van der Waals surface area contributed by atoms with E-state index in [-0.39, 0.29) is 12.3 Å². The third-order valence-electron chi connectivity index (χ3n) is 5.05. The molecule has 5 atom stereocenters. The standard InChI is InChI=1S/C18H22ClN3O3S/c1-3-8-21(2)17(25)12-9-13(23)16(24)14-15(12)22(18(26)20-14)11-6-4-10(19)5-7-11/h3-7,12-16,23-24H,1,8-9H2,2H3,(H,20,26)/t12-,13+,14-,15+,16-/m0/s1. The lowest BCUT2D eigenvalue weighted by molar-refractivity contribution is -0.139. The van der Waals surface area contributed by atoms with Crippen molar-refractivity contribution in [3.8, 4) is 0 Å². The molecule has 0 bridgehead atoms. The van der Waals surface area contributed by atoms with Crippen LogP contribution < -0.4 is 10.2 Å². The molecule has 1 heterocycles.